The first-order chi connectivity index (χ1) is 10.5. The van der Waals surface area contributed by atoms with Crippen LogP contribution in [0.4, 0.5) is 0 Å². The number of hydrogen-bond donors (Lipinski definition) is 0. The summed E-state index contributed by atoms with van der Waals surface area (Å²) in [5.74, 6) is -0.520. The summed E-state index contributed by atoms with van der Waals surface area (Å²) in [6.45, 7) is 11.6. The molecule has 1 fully saturated rings. The van der Waals surface area contributed by atoms with Crippen molar-refractivity contribution >= 4 is 18.6 Å². The van der Waals surface area contributed by atoms with Gasteiger partial charge in [0.1, 0.15) is 12.4 Å². The lowest BCUT2D eigenvalue weighted by molar-refractivity contribution is -0.307. The van der Waals surface area contributed by atoms with Crippen LogP contribution in [-0.4, -0.2) is 30.9 Å². The SMILES string of the molecule is CC(C)c1cc(B2OC(C)(C)C(C)(C)O2)ccc1OCC(=O)[O-]. The lowest BCUT2D eigenvalue weighted by atomic mass is 9.77. The van der Waals surface area contributed by atoms with Crippen LogP contribution in [0.1, 0.15) is 53.0 Å². The van der Waals surface area contributed by atoms with Gasteiger partial charge in [-0.15, -0.1) is 0 Å². The van der Waals surface area contributed by atoms with Crippen LogP contribution in [0.3, 0.4) is 0 Å². The standard InChI is InChI=1S/C17H25BO5/c1-11(2)13-9-12(7-8-14(13)21-10-15(19)20)18-22-16(3,4)17(5,6)23-18/h7-9,11H,10H2,1-6H3,(H,19,20)/p-1. The summed E-state index contributed by atoms with van der Waals surface area (Å²) in [7, 11) is -0.451. The number of carboxylic acid groups (broad SMARTS) is 1. The van der Waals surface area contributed by atoms with E-state index in [2.05, 4.69) is 0 Å². The largest absolute Gasteiger partial charge is 0.546 e. The Morgan fingerprint density at radius 3 is 2.26 bits per heavy atom. The molecule has 0 aromatic heterocycles. The molecule has 23 heavy (non-hydrogen) atoms. The number of carbonyl (C=O) groups excluding carboxylic acids is 1. The van der Waals surface area contributed by atoms with E-state index in [1.165, 1.54) is 0 Å². The Hall–Kier alpha value is -1.53. The monoisotopic (exact) mass is 319 g/mol. The van der Waals surface area contributed by atoms with Gasteiger partial charge < -0.3 is 23.9 Å². The molecule has 1 aliphatic heterocycles. The molecule has 0 amide bonds. The molecule has 0 spiro atoms. The maximum absolute atomic E-state index is 10.6. The normalized spacial score (nSPS) is 19.2. The highest BCUT2D eigenvalue weighted by Gasteiger charge is 2.51. The molecule has 5 nitrogen and oxygen atoms in total. The quantitative estimate of drug-likeness (QED) is 0.764. The third-order valence-electron chi connectivity index (χ3n) is 4.53. The van der Waals surface area contributed by atoms with Gasteiger partial charge in [0.15, 0.2) is 0 Å². The smallest absolute Gasteiger partial charge is 0.494 e. The van der Waals surface area contributed by atoms with Gasteiger partial charge in [-0.05, 0) is 50.7 Å². The fraction of sp³-hybridized carbons (Fsp3) is 0.588. The minimum atomic E-state index is -1.24. The predicted molar refractivity (Wildman–Crippen MR) is 86.7 cm³/mol. The lowest BCUT2D eigenvalue weighted by Crippen LogP contribution is -2.41. The molecule has 0 radical (unpaired) electrons. The Morgan fingerprint density at radius 2 is 1.78 bits per heavy atom. The maximum Gasteiger partial charge on any atom is 0.494 e. The van der Waals surface area contributed by atoms with E-state index in [-0.39, 0.29) is 5.92 Å². The fourth-order valence-electron chi connectivity index (χ4n) is 2.41. The molecule has 0 unspecified atom stereocenters. The average Bonchev–Trinajstić information content (AvgIpc) is 2.64. The summed E-state index contributed by atoms with van der Waals surface area (Å²) < 4.78 is 17.4. The van der Waals surface area contributed by atoms with Crippen LogP contribution in [0.25, 0.3) is 0 Å². The number of benzene rings is 1. The Morgan fingerprint density at radius 1 is 1.22 bits per heavy atom. The zero-order valence-electron chi connectivity index (χ0n) is 14.6. The number of carbonyl (C=O) groups is 1. The van der Waals surface area contributed by atoms with E-state index in [9.17, 15) is 9.90 Å². The minimum Gasteiger partial charge on any atom is -0.546 e. The van der Waals surface area contributed by atoms with Crippen LogP contribution in [-0.2, 0) is 14.1 Å². The molecule has 2 rings (SSSR count). The molecule has 6 heteroatoms. The van der Waals surface area contributed by atoms with Gasteiger partial charge in [0.25, 0.3) is 0 Å². The number of aliphatic carboxylic acids is 1. The average molecular weight is 319 g/mol. The number of carboxylic acids is 1. The van der Waals surface area contributed by atoms with Crippen molar-refractivity contribution in [1.29, 1.82) is 0 Å². The van der Waals surface area contributed by atoms with Gasteiger partial charge in [-0.3, -0.25) is 0 Å². The molecule has 1 aliphatic rings. The van der Waals surface area contributed by atoms with Gasteiger partial charge in [-0.1, -0.05) is 26.0 Å². The first-order valence-corrected chi connectivity index (χ1v) is 7.85. The van der Waals surface area contributed by atoms with Crippen LogP contribution >= 0.6 is 0 Å². The van der Waals surface area contributed by atoms with Crippen molar-refractivity contribution in [2.24, 2.45) is 0 Å². The third-order valence-corrected chi connectivity index (χ3v) is 4.53. The summed E-state index contributed by atoms with van der Waals surface area (Å²) in [6, 6.07) is 5.56. The maximum atomic E-state index is 10.6. The van der Waals surface area contributed by atoms with E-state index in [1.807, 2.05) is 53.7 Å². The van der Waals surface area contributed by atoms with Crippen molar-refractivity contribution in [3.63, 3.8) is 0 Å². The van der Waals surface area contributed by atoms with E-state index in [0.717, 1.165) is 11.0 Å². The molecule has 126 valence electrons. The highest BCUT2D eigenvalue weighted by atomic mass is 16.7. The summed E-state index contributed by atoms with van der Waals surface area (Å²) in [5.41, 5.74) is 1.01. The van der Waals surface area contributed by atoms with Gasteiger partial charge in [0, 0.05) is 0 Å². The second-order valence-corrected chi connectivity index (χ2v) is 7.20. The third kappa shape index (κ3) is 3.70. The molecule has 1 aromatic rings. The number of ether oxygens (including phenoxy) is 1. The zero-order chi connectivity index (χ0) is 17.4. The highest BCUT2D eigenvalue weighted by molar-refractivity contribution is 6.62. The molecule has 0 N–H and O–H groups in total. The van der Waals surface area contributed by atoms with E-state index >= 15 is 0 Å². The lowest BCUT2D eigenvalue weighted by Gasteiger charge is -2.32. The molecule has 1 aromatic carbocycles. The number of rotatable bonds is 5. The van der Waals surface area contributed by atoms with E-state index in [4.69, 9.17) is 14.0 Å². The molecular formula is C17H24BO5-. The van der Waals surface area contributed by atoms with Crippen LogP contribution in [0.15, 0.2) is 18.2 Å². The van der Waals surface area contributed by atoms with Crippen molar-refractivity contribution in [1.82, 2.24) is 0 Å². The van der Waals surface area contributed by atoms with Gasteiger partial charge in [0.05, 0.1) is 17.2 Å². The second-order valence-electron chi connectivity index (χ2n) is 7.20. The van der Waals surface area contributed by atoms with Gasteiger partial charge >= 0.3 is 7.12 Å². The molecule has 0 aliphatic carbocycles. The summed E-state index contributed by atoms with van der Waals surface area (Å²) in [4.78, 5) is 10.6. The Balaban J connectivity index is 2.28. The molecular weight excluding hydrogens is 295 g/mol. The molecule has 1 saturated heterocycles. The molecule has 0 bridgehead atoms. The summed E-state index contributed by atoms with van der Waals surface area (Å²) in [5, 5.41) is 10.6. The van der Waals surface area contributed by atoms with Crippen LogP contribution in [0.5, 0.6) is 5.75 Å². The molecule has 0 saturated carbocycles. The fourth-order valence-corrected chi connectivity index (χ4v) is 2.41. The van der Waals surface area contributed by atoms with Crippen LogP contribution in [0, 0.1) is 0 Å². The number of hydrogen-bond acceptors (Lipinski definition) is 5. The van der Waals surface area contributed by atoms with Crippen LogP contribution in [0.2, 0.25) is 0 Å². The molecule has 0 atom stereocenters. The summed E-state index contributed by atoms with van der Waals surface area (Å²) in [6.07, 6.45) is 0. The second kappa shape index (κ2) is 6.17. The van der Waals surface area contributed by atoms with Crippen LogP contribution < -0.4 is 15.3 Å². The Kier molecular flexibility index (Phi) is 4.78. The topological polar surface area (TPSA) is 67.8 Å². The first-order valence-electron chi connectivity index (χ1n) is 7.85. The van der Waals surface area contributed by atoms with E-state index < -0.39 is 30.9 Å². The van der Waals surface area contributed by atoms with Crippen molar-refractivity contribution in [3.8, 4) is 5.75 Å². The summed E-state index contributed by atoms with van der Waals surface area (Å²) >= 11 is 0. The van der Waals surface area contributed by atoms with E-state index in [1.54, 1.807) is 6.07 Å². The highest BCUT2D eigenvalue weighted by Crippen LogP contribution is 2.37. The van der Waals surface area contributed by atoms with E-state index in [0.29, 0.717) is 5.75 Å². The Bertz CT molecular complexity index is 579. The van der Waals surface area contributed by atoms with Gasteiger partial charge in [0.2, 0.25) is 0 Å². The van der Waals surface area contributed by atoms with Crippen molar-refractivity contribution in [2.75, 3.05) is 6.61 Å². The van der Waals surface area contributed by atoms with Crippen molar-refractivity contribution in [2.45, 2.75) is 58.7 Å². The van der Waals surface area contributed by atoms with Gasteiger partial charge in [-0.25, -0.2) is 0 Å². The predicted octanol–water partition coefficient (Wildman–Crippen LogP) is 1.24. The zero-order valence-corrected chi connectivity index (χ0v) is 14.6. The Labute approximate surface area is 138 Å². The minimum absolute atomic E-state index is 0.175. The van der Waals surface area contributed by atoms with Gasteiger partial charge in [-0.2, -0.15) is 0 Å². The first kappa shape index (κ1) is 17.8. The molecule has 1 heterocycles. The van der Waals surface area contributed by atoms with Crippen molar-refractivity contribution < 1.29 is 23.9 Å². The van der Waals surface area contributed by atoms with Crippen molar-refractivity contribution in [3.05, 3.63) is 23.8 Å².